The molecule has 1 rings (SSSR count). The van der Waals surface area contributed by atoms with Gasteiger partial charge in [-0.2, -0.15) is 0 Å². The molecule has 1 aromatic carbocycles. The van der Waals surface area contributed by atoms with E-state index in [1.54, 1.807) is 7.11 Å². The van der Waals surface area contributed by atoms with Crippen molar-refractivity contribution in [3.8, 4) is 5.75 Å². The van der Waals surface area contributed by atoms with Gasteiger partial charge < -0.3 is 14.8 Å². The first kappa shape index (κ1) is 16.0. The van der Waals surface area contributed by atoms with Crippen LogP contribution in [-0.4, -0.2) is 33.4 Å². The van der Waals surface area contributed by atoms with Gasteiger partial charge >= 0.3 is 0 Å². The van der Waals surface area contributed by atoms with Crippen molar-refractivity contribution in [2.45, 2.75) is 39.2 Å². The van der Waals surface area contributed by atoms with Gasteiger partial charge in [0.05, 0.1) is 6.61 Å². The second kappa shape index (κ2) is 6.92. The van der Waals surface area contributed by atoms with Crippen LogP contribution in [0.3, 0.4) is 0 Å². The molecule has 0 heterocycles. The van der Waals surface area contributed by atoms with Gasteiger partial charge in [-0.05, 0) is 36.6 Å². The third-order valence-electron chi connectivity index (χ3n) is 3.12. The van der Waals surface area contributed by atoms with Crippen LogP contribution in [0, 0.1) is 6.92 Å². The second-order valence-electron chi connectivity index (χ2n) is 5.98. The first-order valence-electron chi connectivity index (χ1n) is 6.79. The third kappa shape index (κ3) is 4.84. The van der Waals surface area contributed by atoms with Crippen molar-refractivity contribution in [2.75, 3.05) is 27.3 Å². The van der Waals surface area contributed by atoms with Crippen molar-refractivity contribution >= 4 is 0 Å². The molecule has 0 fully saturated rings. The lowest BCUT2D eigenvalue weighted by molar-refractivity contribution is 0.0814. The van der Waals surface area contributed by atoms with E-state index in [0.29, 0.717) is 6.61 Å². The summed E-state index contributed by atoms with van der Waals surface area (Å²) >= 11 is 0. The Hall–Kier alpha value is -1.06. The fourth-order valence-corrected chi connectivity index (χ4v) is 1.98. The van der Waals surface area contributed by atoms with Gasteiger partial charge in [0.2, 0.25) is 0 Å². The minimum atomic E-state index is 0.0363. The zero-order valence-electron chi connectivity index (χ0n) is 13.0. The predicted octanol–water partition coefficient (Wildman–Crippen LogP) is 2.91. The standard InChI is InChI=1S/C16H27NO2/c1-12-9-13(16(2,3)4)7-8-15(12)19-14(10-17-5)11-18-6/h7-9,14,17H,10-11H2,1-6H3. The van der Waals surface area contributed by atoms with E-state index in [9.17, 15) is 0 Å². The van der Waals surface area contributed by atoms with E-state index in [-0.39, 0.29) is 11.5 Å². The minimum absolute atomic E-state index is 0.0363. The third-order valence-corrected chi connectivity index (χ3v) is 3.12. The van der Waals surface area contributed by atoms with Gasteiger partial charge in [0.1, 0.15) is 11.9 Å². The largest absolute Gasteiger partial charge is 0.486 e. The van der Waals surface area contributed by atoms with Crippen molar-refractivity contribution < 1.29 is 9.47 Å². The lowest BCUT2D eigenvalue weighted by Gasteiger charge is -2.23. The molecule has 0 amide bonds. The number of benzene rings is 1. The first-order chi connectivity index (χ1) is 8.88. The topological polar surface area (TPSA) is 30.5 Å². The van der Waals surface area contributed by atoms with E-state index in [2.05, 4.69) is 51.2 Å². The van der Waals surface area contributed by atoms with Crippen LogP contribution in [-0.2, 0) is 10.2 Å². The maximum atomic E-state index is 6.01. The molecule has 0 aliphatic heterocycles. The summed E-state index contributed by atoms with van der Waals surface area (Å²) in [7, 11) is 3.61. The molecule has 0 aromatic heterocycles. The van der Waals surface area contributed by atoms with Crippen LogP contribution >= 0.6 is 0 Å². The number of hydrogen-bond acceptors (Lipinski definition) is 3. The quantitative estimate of drug-likeness (QED) is 0.858. The highest BCUT2D eigenvalue weighted by Gasteiger charge is 2.16. The Morgan fingerprint density at radius 2 is 1.95 bits per heavy atom. The number of methoxy groups -OCH3 is 1. The molecule has 1 N–H and O–H groups in total. The summed E-state index contributed by atoms with van der Waals surface area (Å²) in [5, 5.41) is 3.12. The van der Waals surface area contributed by atoms with Gasteiger partial charge in [-0.1, -0.05) is 32.9 Å². The lowest BCUT2D eigenvalue weighted by atomic mass is 9.86. The molecule has 19 heavy (non-hydrogen) atoms. The van der Waals surface area contributed by atoms with E-state index < -0.39 is 0 Å². The lowest BCUT2D eigenvalue weighted by Crippen LogP contribution is -2.33. The monoisotopic (exact) mass is 265 g/mol. The highest BCUT2D eigenvalue weighted by atomic mass is 16.5. The maximum Gasteiger partial charge on any atom is 0.134 e. The number of nitrogens with one attached hydrogen (secondary N) is 1. The maximum absolute atomic E-state index is 6.01. The van der Waals surface area contributed by atoms with Crippen molar-refractivity contribution in [2.24, 2.45) is 0 Å². The molecular formula is C16H27NO2. The normalized spacial score (nSPS) is 13.4. The summed E-state index contributed by atoms with van der Waals surface area (Å²) in [5.74, 6) is 0.935. The molecule has 0 saturated carbocycles. The van der Waals surface area contributed by atoms with Crippen LogP contribution < -0.4 is 10.1 Å². The summed E-state index contributed by atoms with van der Waals surface area (Å²) in [6.07, 6.45) is 0.0363. The Bertz CT molecular complexity index is 390. The van der Waals surface area contributed by atoms with Gasteiger partial charge in [0, 0.05) is 13.7 Å². The summed E-state index contributed by atoms with van der Waals surface area (Å²) in [6.45, 7) is 10.1. The van der Waals surface area contributed by atoms with E-state index in [1.165, 1.54) is 11.1 Å². The summed E-state index contributed by atoms with van der Waals surface area (Å²) < 4.78 is 11.2. The van der Waals surface area contributed by atoms with E-state index in [0.717, 1.165) is 12.3 Å². The van der Waals surface area contributed by atoms with Gasteiger partial charge in [-0.15, -0.1) is 0 Å². The Balaban J connectivity index is 2.84. The number of hydrogen-bond donors (Lipinski definition) is 1. The minimum Gasteiger partial charge on any atom is -0.486 e. The average Bonchev–Trinajstić information content (AvgIpc) is 2.31. The van der Waals surface area contributed by atoms with Crippen molar-refractivity contribution in [1.82, 2.24) is 5.32 Å². The van der Waals surface area contributed by atoms with Crippen LogP contribution in [0.4, 0.5) is 0 Å². The van der Waals surface area contributed by atoms with Gasteiger partial charge in [0.15, 0.2) is 0 Å². The molecule has 0 saturated heterocycles. The van der Waals surface area contributed by atoms with E-state index in [4.69, 9.17) is 9.47 Å². The highest BCUT2D eigenvalue weighted by molar-refractivity contribution is 5.38. The molecule has 108 valence electrons. The molecule has 0 bridgehead atoms. The Kier molecular flexibility index (Phi) is 5.83. The molecule has 0 aliphatic rings. The second-order valence-corrected chi connectivity index (χ2v) is 5.98. The van der Waals surface area contributed by atoms with Crippen LogP contribution in [0.25, 0.3) is 0 Å². The summed E-state index contributed by atoms with van der Waals surface area (Å²) in [5.41, 5.74) is 2.67. The smallest absolute Gasteiger partial charge is 0.134 e. The van der Waals surface area contributed by atoms with Gasteiger partial charge in [0.25, 0.3) is 0 Å². The molecule has 3 heteroatoms. The fourth-order valence-electron chi connectivity index (χ4n) is 1.98. The van der Waals surface area contributed by atoms with Crippen LogP contribution in [0.15, 0.2) is 18.2 Å². The number of rotatable bonds is 6. The first-order valence-corrected chi connectivity index (χ1v) is 6.79. The Morgan fingerprint density at radius 3 is 2.42 bits per heavy atom. The van der Waals surface area contributed by atoms with Gasteiger partial charge in [-0.25, -0.2) is 0 Å². The molecule has 0 radical (unpaired) electrons. The van der Waals surface area contributed by atoms with Crippen LogP contribution in [0.2, 0.25) is 0 Å². The molecule has 0 spiro atoms. The molecule has 1 atom stereocenters. The highest BCUT2D eigenvalue weighted by Crippen LogP contribution is 2.28. The van der Waals surface area contributed by atoms with Crippen molar-refractivity contribution in [3.05, 3.63) is 29.3 Å². The summed E-state index contributed by atoms with van der Waals surface area (Å²) in [4.78, 5) is 0. The SMILES string of the molecule is CNCC(COC)Oc1ccc(C(C)(C)C)cc1C. The Morgan fingerprint density at radius 1 is 1.26 bits per heavy atom. The van der Waals surface area contributed by atoms with E-state index >= 15 is 0 Å². The number of aryl methyl sites for hydroxylation is 1. The van der Waals surface area contributed by atoms with E-state index in [1.807, 2.05) is 7.05 Å². The average molecular weight is 265 g/mol. The molecule has 1 aromatic rings. The van der Waals surface area contributed by atoms with Crippen LogP contribution in [0.5, 0.6) is 5.75 Å². The van der Waals surface area contributed by atoms with Crippen molar-refractivity contribution in [1.29, 1.82) is 0 Å². The zero-order chi connectivity index (χ0) is 14.5. The predicted molar refractivity (Wildman–Crippen MR) is 80.1 cm³/mol. The molecular weight excluding hydrogens is 238 g/mol. The fraction of sp³-hybridized carbons (Fsp3) is 0.625. The van der Waals surface area contributed by atoms with Crippen molar-refractivity contribution in [3.63, 3.8) is 0 Å². The number of likely N-dealkylation sites (N-methyl/N-ethyl adjacent to an activating group) is 1. The molecule has 3 nitrogen and oxygen atoms in total. The Labute approximate surface area is 117 Å². The zero-order valence-corrected chi connectivity index (χ0v) is 13.0. The number of ether oxygens (including phenoxy) is 2. The van der Waals surface area contributed by atoms with Crippen LogP contribution in [0.1, 0.15) is 31.9 Å². The summed E-state index contributed by atoms with van der Waals surface area (Å²) in [6, 6.07) is 6.42. The van der Waals surface area contributed by atoms with Gasteiger partial charge in [-0.3, -0.25) is 0 Å². The molecule has 0 aliphatic carbocycles. The molecule has 1 unspecified atom stereocenters.